The third kappa shape index (κ3) is 4.97. The van der Waals surface area contributed by atoms with Gasteiger partial charge in [-0.25, -0.2) is 4.98 Å². The Morgan fingerprint density at radius 2 is 2.00 bits per heavy atom. The topological polar surface area (TPSA) is 72.7 Å². The van der Waals surface area contributed by atoms with Gasteiger partial charge in [-0.3, -0.25) is 4.79 Å². The van der Waals surface area contributed by atoms with Crippen LogP contribution in [0.3, 0.4) is 0 Å². The van der Waals surface area contributed by atoms with Gasteiger partial charge in [-0.1, -0.05) is 35.5 Å². The summed E-state index contributed by atoms with van der Waals surface area (Å²) in [5, 5.41) is 17.4. The van der Waals surface area contributed by atoms with Crippen molar-refractivity contribution in [2.24, 2.45) is 0 Å². The molecule has 0 spiro atoms. The van der Waals surface area contributed by atoms with E-state index < -0.39 is 0 Å². The molecule has 1 amide bonds. The number of amides is 1. The zero-order valence-corrected chi connectivity index (χ0v) is 19.1. The van der Waals surface area contributed by atoms with Gasteiger partial charge in [0, 0.05) is 23.4 Å². The zero-order chi connectivity index (χ0) is 20.9. The van der Waals surface area contributed by atoms with Crippen molar-refractivity contribution >= 4 is 46.0 Å². The highest BCUT2D eigenvalue weighted by Gasteiger charge is 2.15. The van der Waals surface area contributed by atoms with Crippen molar-refractivity contribution in [3.63, 3.8) is 0 Å². The largest absolute Gasteiger partial charge is 0.326 e. The van der Waals surface area contributed by atoms with E-state index in [1.54, 1.807) is 23.1 Å². The fraction of sp³-hybridized carbons (Fsp3) is 0.238. The van der Waals surface area contributed by atoms with E-state index >= 15 is 0 Å². The van der Waals surface area contributed by atoms with Crippen LogP contribution in [0.15, 0.2) is 52.3 Å². The van der Waals surface area contributed by atoms with Crippen molar-refractivity contribution in [3.05, 3.63) is 63.4 Å². The SMILES string of the molecule is CCn1c(SCc2csc(CC(=O)Nc3ccc(C)cc3)n2)nnc1-c1cccs1. The summed E-state index contributed by atoms with van der Waals surface area (Å²) in [6, 6.07) is 11.9. The molecule has 6 nitrogen and oxygen atoms in total. The first-order valence-corrected chi connectivity index (χ1v) is 12.3. The van der Waals surface area contributed by atoms with E-state index in [-0.39, 0.29) is 12.3 Å². The van der Waals surface area contributed by atoms with Gasteiger partial charge >= 0.3 is 0 Å². The van der Waals surface area contributed by atoms with Crippen LogP contribution in [0.25, 0.3) is 10.7 Å². The molecule has 0 unspecified atom stereocenters. The maximum Gasteiger partial charge on any atom is 0.231 e. The molecule has 0 bridgehead atoms. The fourth-order valence-electron chi connectivity index (χ4n) is 2.88. The van der Waals surface area contributed by atoms with E-state index in [1.165, 1.54) is 11.3 Å². The monoisotopic (exact) mass is 455 g/mol. The van der Waals surface area contributed by atoms with Crippen molar-refractivity contribution in [2.45, 2.75) is 37.7 Å². The molecular formula is C21H21N5OS3. The van der Waals surface area contributed by atoms with Crippen LogP contribution >= 0.6 is 34.4 Å². The van der Waals surface area contributed by atoms with Crippen molar-refractivity contribution in [1.82, 2.24) is 19.7 Å². The molecule has 0 saturated heterocycles. The molecule has 0 fully saturated rings. The lowest BCUT2D eigenvalue weighted by molar-refractivity contribution is -0.115. The summed E-state index contributed by atoms with van der Waals surface area (Å²) < 4.78 is 2.12. The Hall–Kier alpha value is -2.49. The van der Waals surface area contributed by atoms with Gasteiger partial charge in [-0.15, -0.1) is 32.9 Å². The van der Waals surface area contributed by atoms with Gasteiger partial charge in [0.2, 0.25) is 5.91 Å². The van der Waals surface area contributed by atoms with E-state index in [2.05, 4.69) is 38.1 Å². The number of rotatable bonds is 8. The second-order valence-corrected chi connectivity index (χ2v) is 9.47. The number of benzene rings is 1. The highest BCUT2D eigenvalue weighted by atomic mass is 32.2. The molecule has 3 heterocycles. The number of aromatic nitrogens is 4. The molecule has 0 atom stereocenters. The second-order valence-electron chi connectivity index (χ2n) is 6.64. The van der Waals surface area contributed by atoms with Crippen molar-refractivity contribution in [2.75, 3.05) is 5.32 Å². The number of thiazole rings is 1. The average molecular weight is 456 g/mol. The minimum atomic E-state index is -0.0567. The normalized spacial score (nSPS) is 11.0. The predicted molar refractivity (Wildman–Crippen MR) is 124 cm³/mol. The first-order chi connectivity index (χ1) is 14.6. The highest BCUT2D eigenvalue weighted by Crippen LogP contribution is 2.29. The molecule has 4 aromatic rings. The number of nitrogens with zero attached hydrogens (tertiary/aromatic N) is 4. The van der Waals surface area contributed by atoms with Gasteiger partial charge in [0.1, 0.15) is 5.01 Å². The average Bonchev–Trinajstić information content (AvgIpc) is 3.48. The van der Waals surface area contributed by atoms with Crippen LogP contribution in [-0.2, 0) is 23.5 Å². The summed E-state index contributed by atoms with van der Waals surface area (Å²) in [6.45, 7) is 4.93. The Labute approximate surface area is 187 Å². The van der Waals surface area contributed by atoms with Crippen LogP contribution < -0.4 is 5.32 Å². The number of hydrogen-bond donors (Lipinski definition) is 1. The lowest BCUT2D eigenvalue weighted by Crippen LogP contribution is -2.14. The smallest absolute Gasteiger partial charge is 0.231 e. The van der Waals surface area contributed by atoms with Gasteiger partial charge in [0.15, 0.2) is 11.0 Å². The number of thioether (sulfide) groups is 1. The first kappa shape index (κ1) is 20.8. The molecule has 0 aliphatic heterocycles. The first-order valence-electron chi connectivity index (χ1n) is 9.52. The second kappa shape index (κ2) is 9.55. The summed E-state index contributed by atoms with van der Waals surface area (Å²) in [7, 11) is 0. The summed E-state index contributed by atoms with van der Waals surface area (Å²) in [5.74, 6) is 1.54. The molecule has 1 aromatic carbocycles. The summed E-state index contributed by atoms with van der Waals surface area (Å²) >= 11 is 4.79. The predicted octanol–water partition coefficient (Wildman–Crippen LogP) is 5.26. The van der Waals surface area contributed by atoms with Crippen molar-refractivity contribution in [3.8, 4) is 10.7 Å². The number of nitrogens with one attached hydrogen (secondary N) is 1. The summed E-state index contributed by atoms with van der Waals surface area (Å²) in [4.78, 5) is 18.0. The van der Waals surface area contributed by atoms with E-state index in [4.69, 9.17) is 0 Å². The Bertz CT molecular complexity index is 1120. The minimum Gasteiger partial charge on any atom is -0.326 e. The molecule has 4 rings (SSSR count). The third-order valence-corrected chi connectivity index (χ3v) is 7.13. The Morgan fingerprint density at radius 3 is 2.73 bits per heavy atom. The lowest BCUT2D eigenvalue weighted by Gasteiger charge is -2.05. The molecule has 3 aromatic heterocycles. The minimum absolute atomic E-state index is 0.0567. The van der Waals surface area contributed by atoms with Crippen LogP contribution in [0.5, 0.6) is 0 Å². The molecule has 9 heteroatoms. The zero-order valence-electron chi connectivity index (χ0n) is 16.7. The molecule has 1 N–H and O–H groups in total. The lowest BCUT2D eigenvalue weighted by atomic mass is 10.2. The molecule has 0 aliphatic rings. The van der Waals surface area contributed by atoms with Crippen LogP contribution in [0, 0.1) is 6.92 Å². The summed E-state index contributed by atoms with van der Waals surface area (Å²) in [6.07, 6.45) is 0.275. The number of hydrogen-bond acceptors (Lipinski definition) is 7. The number of carbonyl (C=O) groups excluding carboxylic acids is 1. The summed E-state index contributed by atoms with van der Waals surface area (Å²) in [5.41, 5.74) is 2.92. The number of aryl methyl sites for hydroxylation is 1. The third-order valence-electron chi connectivity index (χ3n) is 4.37. The van der Waals surface area contributed by atoms with E-state index in [1.807, 2.05) is 48.0 Å². The molecule has 0 saturated carbocycles. The Kier molecular flexibility index (Phi) is 6.61. The van der Waals surface area contributed by atoms with Crippen LogP contribution in [0.1, 0.15) is 23.2 Å². The van der Waals surface area contributed by atoms with E-state index in [0.29, 0.717) is 5.75 Å². The van der Waals surface area contributed by atoms with E-state index in [9.17, 15) is 4.79 Å². The van der Waals surface area contributed by atoms with Crippen molar-refractivity contribution < 1.29 is 4.79 Å². The quantitative estimate of drug-likeness (QED) is 0.367. The number of thiophene rings is 1. The van der Waals surface area contributed by atoms with Gasteiger partial charge in [0.05, 0.1) is 17.0 Å². The van der Waals surface area contributed by atoms with E-state index in [0.717, 1.165) is 44.4 Å². The van der Waals surface area contributed by atoms with Crippen LogP contribution in [0.2, 0.25) is 0 Å². The molecule has 30 heavy (non-hydrogen) atoms. The van der Waals surface area contributed by atoms with Gasteiger partial charge in [-0.05, 0) is 37.4 Å². The van der Waals surface area contributed by atoms with Crippen LogP contribution in [0.4, 0.5) is 5.69 Å². The highest BCUT2D eigenvalue weighted by molar-refractivity contribution is 7.98. The van der Waals surface area contributed by atoms with Gasteiger partial charge in [0.25, 0.3) is 0 Å². The van der Waals surface area contributed by atoms with Gasteiger partial charge in [-0.2, -0.15) is 0 Å². The fourth-order valence-corrected chi connectivity index (χ4v) is 5.39. The van der Waals surface area contributed by atoms with Crippen molar-refractivity contribution in [1.29, 1.82) is 0 Å². The Morgan fingerprint density at radius 1 is 1.17 bits per heavy atom. The molecule has 154 valence electrons. The molecular weight excluding hydrogens is 434 g/mol. The molecule has 0 aliphatic carbocycles. The standard InChI is InChI=1S/C21H21N5OS3/c1-3-26-20(17-5-4-10-28-17)24-25-21(26)30-13-16-12-29-19(23-16)11-18(27)22-15-8-6-14(2)7-9-15/h4-10,12H,3,11,13H2,1-2H3,(H,22,27). The number of carbonyl (C=O) groups is 1. The maximum atomic E-state index is 12.3. The Balaban J connectivity index is 1.35. The molecule has 0 radical (unpaired) electrons. The van der Waals surface area contributed by atoms with Gasteiger partial charge < -0.3 is 9.88 Å². The number of anilines is 1. The maximum absolute atomic E-state index is 12.3. The van der Waals surface area contributed by atoms with Crippen LogP contribution in [-0.4, -0.2) is 25.7 Å².